The maximum absolute atomic E-state index is 11.9. The molecule has 5 heteroatoms. The molecule has 19 heavy (non-hydrogen) atoms. The fraction of sp³-hybridized carbons (Fsp3) is 0.357. The van der Waals surface area contributed by atoms with Gasteiger partial charge in [-0.25, -0.2) is 4.79 Å². The fourth-order valence-corrected chi connectivity index (χ4v) is 1.48. The molecule has 1 atom stereocenters. The molecule has 0 aliphatic heterocycles. The quantitative estimate of drug-likeness (QED) is 0.791. The predicted molar refractivity (Wildman–Crippen MR) is 71.1 cm³/mol. The van der Waals surface area contributed by atoms with Gasteiger partial charge >= 0.3 is 5.97 Å². The van der Waals surface area contributed by atoms with Gasteiger partial charge in [0, 0.05) is 5.69 Å². The summed E-state index contributed by atoms with van der Waals surface area (Å²) < 4.78 is 7.13. The Morgan fingerprint density at radius 2 is 1.68 bits per heavy atom. The van der Waals surface area contributed by atoms with Crippen molar-refractivity contribution in [3.05, 3.63) is 42.5 Å². The number of hydrogen-bond donors (Lipinski definition) is 0. The highest BCUT2D eigenvalue weighted by atomic mass is 16.5. The molecule has 0 saturated heterocycles. The van der Waals surface area contributed by atoms with E-state index in [-0.39, 0.29) is 12.1 Å². The number of benzene rings is 1. The Morgan fingerprint density at radius 1 is 1.11 bits per heavy atom. The zero-order valence-electron chi connectivity index (χ0n) is 11.3. The first-order valence-corrected chi connectivity index (χ1v) is 6.24. The second-order valence-electron chi connectivity index (χ2n) is 4.77. The van der Waals surface area contributed by atoms with Crippen LogP contribution in [0, 0.1) is 5.92 Å². The molecule has 0 aliphatic carbocycles. The molecule has 0 amide bonds. The van der Waals surface area contributed by atoms with E-state index in [4.69, 9.17) is 4.74 Å². The van der Waals surface area contributed by atoms with Crippen LogP contribution in [-0.4, -0.2) is 26.8 Å². The van der Waals surface area contributed by atoms with Gasteiger partial charge in [-0.15, -0.1) is 10.2 Å². The van der Waals surface area contributed by atoms with Crippen LogP contribution in [0.25, 0.3) is 5.69 Å². The molecule has 0 fully saturated rings. The van der Waals surface area contributed by atoms with Gasteiger partial charge in [-0.1, -0.05) is 13.8 Å². The van der Waals surface area contributed by atoms with E-state index in [2.05, 4.69) is 10.2 Å². The first-order chi connectivity index (χ1) is 9.08. The van der Waals surface area contributed by atoms with Gasteiger partial charge in [-0.3, -0.25) is 4.57 Å². The Morgan fingerprint density at radius 3 is 2.21 bits per heavy atom. The number of carbonyl (C=O) groups excluding carboxylic acids is 1. The van der Waals surface area contributed by atoms with Crippen molar-refractivity contribution >= 4 is 5.97 Å². The van der Waals surface area contributed by atoms with Gasteiger partial charge < -0.3 is 4.74 Å². The average molecular weight is 259 g/mol. The standard InChI is InChI=1S/C14H17N3O2/c1-10(2)11(3)19-14(18)12-4-6-13(7-5-12)17-8-15-16-9-17/h4-11H,1-3H3. The molecule has 0 bridgehead atoms. The minimum absolute atomic E-state index is 0.0926. The molecule has 0 saturated carbocycles. The van der Waals surface area contributed by atoms with Gasteiger partial charge in [0.1, 0.15) is 18.8 Å². The van der Waals surface area contributed by atoms with Gasteiger partial charge in [0.05, 0.1) is 5.56 Å². The van der Waals surface area contributed by atoms with Crippen molar-refractivity contribution in [1.82, 2.24) is 14.8 Å². The van der Waals surface area contributed by atoms with Gasteiger partial charge in [0.25, 0.3) is 0 Å². The molecule has 0 aliphatic rings. The summed E-state index contributed by atoms with van der Waals surface area (Å²) in [5, 5.41) is 7.47. The summed E-state index contributed by atoms with van der Waals surface area (Å²) in [6, 6.07) is 7.15. The number of aromatic nitrogens is 3. The van der Waals surface area contributed by atoms with Crippen LogP contribution in [0.2, 0.25) is 0 Å². The van der Waals surface area contributed by atoms with E-state index in [0.717, 1.165) is 5.69 Å². The van der Waals surface area contributed by atoms with E-state index in [1.807, 2.05) is 32.9 Å². The molecule has 1 unspecified atom stereocenters. The summed E-state index contributed by atoms with van der Waals surface area (Å²) in [5.74, 6) is 0.0109. The van der Waals surface area contributed by atoms with Gasteiger partial charge in [-0.05, 0) is 37.1 Å². The highest BCUT2D eigenvalue weighted by molar-refractivity contribution is 5.89. The summed E-state index contributed by atoms with van der Waals surface area (Å²) in [4.78, 5) is 11.9. The molecule has 100 valence electrons. The smallest absolute Gasteiger partial charge is 0.338 e. The van der Waals surface area contributed by atoms with Crippen molar-refractivity contribution in [3.8, 4) is 5.69 Å². The summed E-state index contributed by atoms with van der Waals surface area (Å²) in [6.45, 7) is 5.94. The molecule has 2 rings (SSSR count). The van der Waals surface area contributed by atoms with E-state index in [0.29, 0.717) is 11.5 Å². The monoisotopic (exact) mass is 259 g/mol. The normalized spacial score (nSPS) is 12.4. The lowest BCUT2D eigenvalue weighted by molar-refractivity contribution is 0.0238. The number of ether oxygens (including phenoxy) is 1. The molecule has 1 heterocycles. The van der Waals surface area contributed by atoms with Crippen LogP contribution in [-0.2, 0) is 4.74 Å². The van der Waals surface area contributed by atoms with Crippen molar-refractivity contribution in [1.29, 1.82) is 0 Å². The predicted octanol–water partition coefficient (Wildman–Crippen LogP) is 2.47. The average Bonchev–Trinajstić information content (AvgIpc) is 2.92. The van der Waals surface area contributed by atoms with Crippen molar-refractivity contribution in [2.24, 2.45) is 5.92 Å². The van der Waals surface area contributed by atoms with Crippen LogP contribution in [0.4, 0.5) is 0 Å². The van der Waals surface area contributed by atoms with Gasteiger partial charge in [0.2, 0.25) is 0 Å². The van der Waals surface area contributed by atoms with Crippen LogP contribution in [0.5, 0.6) is 0 Å². The van der Waals surface area contributed by atoms with Gasteiger partial charge in [0.15, 0.2) is 0 Å². The van der Waals surface area contributed by atoms with Crippen LogP contribution in [0.1, 0.15) is 31.1 Å². The minimum Gasteiger partial charge on any atom is -0.459 e. The largest absolute Gasteiger partial charge is 0.459 e. The first kappa shape index (κ1) is 13.3. The maximum Gasteiger partial charge on any atom is 0.338 e. The second kappa shape index (κ2) is 5.65. The Kier molecular flexibility index (Phi) is 3.94. The molecule has 1 aromatic carbocycles. The van der Waals surface area contributed by atoms with E-state index in [1.165, 1.54) is 0 Å². The number of carbonyl (C=O) groups is 1. The summed E-state index contributed by atoms with van der Waals surface area (Å²) in [7, 11) is 0. The molecular weight excluding hydrogens is 242 g/mol. The van der Waals surface area contributed by atoms with Crippen LogP contribution in [0.15, 0.2) is 36.9 Å². The zero-order valence-corrected chi connectivity index (χ0v) is 11.3. The Labute approximate surface area is 112 Å². The van der Waals surface area contributed by atoms with Crippen LogP contribution < -0.4 is 0 Å². The van der Waals surface area contributed by atoms with E-state index in [9.17, 15) is 4.79 Å². The topological polar surface area (TPSA) is 57.0 Å². The van der Waals surface area contributed by atoms with Crippen LogP contribution in [0.3, 0.4) is 0 Å². The second-order valence-corrected chi connectivity index (χ2v) is 4.77. The molecule has 2 aromatic rings. The SMILES string of the molecule is CC(C)C(C)OC(=O)c1ccc(-n2cnnc2)cc1. The van der Waals surface area contributed by atoms with E-state index < -0.39 is 0 Å². The third-order valence-corrected chi connectivity index (χ3v) is 3.05. The molecule has 0 N–H and O–H groups in total. The Bertz CT molecular complexity index is 532. The highest BCUT2D eigenvalue weighted by Gasteiger charge is 2.14. The van der Waals surface area contributed by atoms with Crippen molar-refractivity contribution in [2.75, 3.05) is 0 Å². The van der Waals surface area contributed by atoms with Crippen molar-refractivity contribution < 1.29 is 9.53 Å². The summed E-state index contributed by atoms with van der Waals surface area (Å²) in [6.07, 6.45) is 3.12. The Balaban J connectivity index is 2.08. The summed E-state index contributed by atoms with van der Waals surface area (Å²) in [5.41, 5.74) is 1.45. The molecule has 0 radical (unpaired) electrons. The third kappa shape index (κ3) is 3.19. The minimum atomic E-state index is -0.295. The molecule has 5 nitrogen and oxygen atoms in total. The highest BCUT2D eigenvalue weighted by Crippen LogP contribution is 2.12. The lowest BCUT2D eigenvalue weighted by Crippen LogP contribution is -2.20. The lowest BCUT2D eigenvalue weighted by atomic mass is 10.1. The summed E-state index contributed by atoms with van der Waals surface area (Å²) >= 11 is 0. The number of nitrogens with zero attached hydrogens (tertiary/aromatic N) is 3. The Hall–Kier alpha value is -2.17. The number of rotatable bonds is 4. The molecule has 0 spiro atoms. The maximum atomic E-state index is 11.9. The number of esters is 1. The zero-order chi connectivity index (χ0) is 13.8. The molecule has 1 aromatic heterocycles. The fourth-order valence-electron chi connectivity index (χ4n) is 1.48. The molecular formula is C14H17N3O2. The number of hydrogen-bond acceptors (Lipinski definition) is 4. The first-order valence-electron chi connectivity index (χ1n) is 6.24. The lowest BCUT2D eigenvalue weighted by Gasteiger charge is -2.16. The van der Waals surface area contributed by atoms with E-state index in [1.54, 1.807) is 29.4 Å². The third-order valence-electron chi connectivity index (χ3n) is 3.05. The van der Waals surface area contributed by atoms with E-state index >= 15 is 0 Å². The van der Waals surface area contributed by atoms with Crippen LogP contribution >= 0.6 is 0 Å². The van der Waals surface area contributed by atoms with Crippen molar-refractivity contribution in [2.45, 2.75) is 26.9 Å². The van der Waals surface area contributed by atoms with Gasteiger partial charge in [-0.2, -0.15) is 0 Å². The van der Waals surface area contributed by atoms with Crippen molar-refractivity contribution in [3.63, 3.8) is 0 Å².